The van der Waals surface area contributed by atoms with Gasteiger partial charge in [0.2, 0.25) is 0 Å². The highest BCUT2D eigenvalue weighted by atomic mass is 16.5. The second kappa shape index (κ2) is 7.26. The minimum absolute atomic E-state index is 0.228. The fourth-order valence-electron chi connectivity index (χ4n) is 1.90. The van der Waals surface area contributed by atoms with E-state index in [0.29, 0.717) is 17.1 Å². The van der Waals surface area contributed by atoms with Crippen LogP contribution in [-0.4, -0.2) is 28.2 Å². The predicted octanol–water partition coefficient (Wildman–Crippen LogP) is 1.41. The number of amides is 2. The molecule has 7 heteroatoms. The first-order valence-electron chi connectivity index (χ1n) is 6.94. The Balaban J connectivity index is 2.07. The first kappa shape index (κ1) is 15.6. The van der Waals surface area contributed by atoms with E-state index in [-0.39, 0.29) is 12.5 Å². The average molecular weight is 302 g/mol. The summed E-state index contributed by atoms with van der Waals surface area (Å²) in [6.07, 6.45) is 2.55. The van der Waals surface area contributed by atoms with E-state index in [0.717, 1.165) is 13.0 Å². The minimum Gasteiger partial charge on any atom is -0.484 e. The molecule has 2 amide bonds. The van der Waals surface area contributed by atoms with Crippen LogP contribution in [0.1, 0.15) is 23.7 Å². The van der Waals surface area contributed by atoms with Gasteiger partial charge in [0.1, 0.15) is 11.6 Å². The van der Waals surface area contributed by atoms with E-state index in [1.165, 1.54) is 0 Å². The number of carbonyl (C=O) groups is 2. The van der Waals surface area contributed by atoms with Crippen LogP contribution in [-0.2, 0) is 11.3 Å². The number of benzene rings is 1. The van der Waals surface area contributed by atoms with Crippen molar-refractivity contribution in [2.75, 3.05) is 11.9 Å². The second-order valence-electron chi connectivity index (χ2n) is 4.68. The van der Waals surface area contributed by atoms with Crippen molar-refractivity contribution in [2.45, 2.75) is 19.9 Å². The van der Waals surface area contributed by atoms with E-state index in [1.54, 1.807) is 41.2 Å². The van der Waals surface area contributed by atoms with E-state index in [9.17, 15) is 9.59 Å². The molecule has 0 atom stereocenters. The van der Waals surface area contributed by atoms with Crippen molar-refractivity contribution in [3.8, 4) is 5.75 Å². The molecule has 0 spiro atoms. The standard InChI is InChI=1S/C15H18N4O3/c1-2-8-19-14(6-7-17-19)18-15(21)11-4-3-5-12(9-11)22-10-13(16)20/h3-7,9H,2,8,10H2,1H3,(H2,16,20)(H,18,21). The van der Waals surface area contributed by atoms with Gasteiger partial charge in [-0.2, -0.15) is 5.10 Å². The lowest BCUT2D eigenvalue weighted by atomic mass is 10.2. The van der Waals surface area contributed by atoms with Crippen LogP contribution in [0.2, 0.25) is 0 Å². The largest absolute Gasteiger partial charge is 0.484 e. The van der Waals surface area contributed by atoms with Crippen LogP contribution in [0.4, 0.5) is 5.82 Å². The molecule has 0 aliphatic heterocycles. The molecule has 0 aliphatic rings. The lowest BCUT2D eigenvalue weighted by Crippen LogP contribution is -2.20. The van der Waals surface area contributed by atoms with Gasteiger partial charge in [-0.1, -0.05) is 13.0 Å². The number of anilines is 1. The maximum atomic E-state index is 12.3. The number of carbonyl (C=O) groups excluding carboxylic acids is 2. The van der Waals surface area contributed by atoms with Gasteiger partial charge in [0.15, 0.2) is 6.61 Å². The Kier molecular flexibility index (Phi) is 5.13. The molecule has 2 rings (SSSR count). The number of hydrogen-bond donors (Lipinski definition) is 2. The van der Waals surface area contributed by atoms with Gasteiger partial charge in [-0.15, -0.1) is 0 Å². The number of nitrogens with zero attached hydrogens (tertiary/aromatic N) is 2. The molecule has 0 radical (unpaired) electrons. The summed E-state index contributed by atoms with van der Waals surface area (Å²) in [6.45, 7) is 2.53. The van der Waals surface area contributed by atoms with Crippen LogP contribution in [0, 0.1) is 0 Å². The number of aromatic nitrogens is 2. The summed E-state index contributed by atoms with van der Waals surface area (Å²) < 4.78 is 6.91. The maximum absolute atomic E-state index is 12.3. The quantitative estimate of drug-likeness (QED) is 0.807. The lowest BCUT2D eigenvalue weighted by molar-refractivity contribution is -0.119. The Hall–Kier alpha value is -2.83. The molecule has 3 N–H and O–H groups in total. The molecule has 116 valence electrons. The van der Waals surface area contributed by atoms with Crippen LogP contribution in [0.3, 0.4) is 0 Å². The fourth-order valence-corrected chi connectivity index (χ4v) is 1.90. The molecule has 22 heavy (non-hydrogen) atoms. The summed E-state index contributed by atoms with van der Waals surface area (Å²) in [4.78, 5) is 23.0. The molecule has 0 aliphatic carbocycles. The molecule has 0 saturated heterocycles. The number of aryl methyl sites for hydroxylation is 1. The predicted molar refractivity (Wildman–Crippen MR) is 81.6 cm³/mol. The van der Waals surface area contributed by atoms with Crippen molar-refractivity contribution in [1.29, 1.82) is 0 Å². The summed E-state index contributed by atoms with van der Waals surface area (Å²) in [5, 5.41) is 6.94. The number of nitrogens with one attached hydrogen (secondary N) is 1. The first-order chi connectivity index (χ1) is 10.6. The summed E-state index contributed by atoms with van der Waals surface area (Å²) >= 11 is 0. The van der Waals surface area contributed by atoms with Crippen molar-refractivity contribution in [3.05, 3.63) is 42.1 Å². The van der Waals surface area contributed by atoms with Crippen LogP contribution in [0.25, 0.3) is 0 Å². The molecule has 2 aromatic rings. The maximum Gasteiger partial charge on any atom is 0.256 e. The van der Waals surface area contributed by atoms with Crippen LogP contribution >= 0.6 is 0 Å². The van der Waals surface area contributed by atoms with Gasteiger partial charge >= 0.3 is 0 Å². The molecule has 0 saturated carbocycles. The third kappa shape index (κ3) is 4.08. The molecule has 1 aromatic carbocycles. The highest BCUT2D eigenvalue weighted by molar-refractivity contribution is 6.04. The Labute approximate surface area is 128 Å². The molecule has 0 bridgehead atoms. The number of primary amides is 1. The van der Waals surface area contributed by atoms with E-state index in [2.05, 4.69) is 10.4 Å². The van der Waals surface area contributed by atoms with Crippen LogP contribution < -0.4 is 15.8 Å². The molecular formula is C15H18N4O3. The van der Waals surface area contributed by atoms with E-state index in [1.807, 2.05) is 6.92 Å². The average Bonchev–Trinajstić information content (AvgIpc) is 2.93. The van der Waals surface area contributed by atoms with E-state index in [4.69, 9.17) is 10.5 Å². The fraction of sp³-hybridized carbons (Fsp3) is 0.267. The molecular weight excluding hydrogens is 284 g/mol. The summed E-state index contributed by atoms with van der Waals surface area (Å²) in [5.41, 5.74) is 5.44. The summed E-state index contributed by atoms with van der Waals surface area (Å²) in [7, 11) is 0. The Morgan fingerprint density at radius 2 is 2.18 bits per heavy atom. The van der Waals surface area contributed by atoms with Crippen molar-refractivity contribution >= 4 is 17.6 Å². The van der Waals surface area contributed by atoms with Gasteiger partial charge in [0.25, 0.3) is 11.8 Å². The van der Waals surface area contributed by atoms with Gasteiger partial charge in [-0.05, 0) is 24.6 Å². The third-order valence-corrected chi connectivity index (χ3v) is 2.87. The number of ether oxygens (including phenoxy) is 1. The van der Waals surface area contributed by atoms with E-state index < -0.39 is 5.91 Å². The minimum atomic E-state index is -0.571. The Morgan fingerprint density at radius 3 is 2.91 bits per heavy atom. The van der Waals surface area contributed by atoms with Crippen molar-refractivity contribution in [1.82, 2.24) is 9.78 Å². The van der Waals surface area contributed by atoms with Crippen molar-refractivity contribution < 1.29 is 14.3 Å². The zero-order valence-corrected chi connectivity index (χ0v) is 12.3. The van der Waals surface area contributed by atoms with Gasteiger partial charge in [0, 0.05) is 18.2 Å². The monoisotopic (exact) mass is 302 g/mol. The van der Waals surface area contributed by atoms with Crippen molar-refractivity contribution in [2.24, 2.45) is 5.73 Å². The topological polar surface area (TPSA) is 99.2 Å². The highest BCUT2D eigenvalue weighted by Gasteiger charge is 2.10. The van der Waals surface area contributed by atoms with Gasteiger partial charge in [0.05, 0.1) is 6.20 Å². The zero-order chi connectivity index (χ0) is 15.9. The Bertz CT molecular complexity index is 666. The van der Waals surface area contributed by atoms with Gasteiger partial charge in [-0.3, -0.25) is 9.59 Å². The normalized spacial score (nSPS) is 10.2. The first-order valence-corrected chi connectivity index (χ1v) is 6.94. The number of rotatable bonds is 7. The highest BCUT2D eigenvalue weighted by Crippen LogP contribution is 2.15. The van der Waals surface area contributed by atoms with Crippen LogP contribution in [0.15, 0.2) is 36.5 Å². The smallest absolute Gasteiger partial charge is 0.256 e. The van der Waals surface area contributed by atoms with E-state index >= 15 is 0 Å². The third-order valence-electron chi connectivity index (χ3n) is 2.87. The number of hydrogen-bond acceptors (Lipinski definition) is 4. The molecule has 0 fully saturated rings. The molecule has 0 unspecified atom stereocenters. The Morgan fingerprint density at radius 1 is 1.36 bits per heavy atom. The van der Waals surface area contributed by atoms with Crippen LogP contribution in [0.5, 0.6) is 5.75 Å². The molecule has 7 nitrogen and oxygen atoms in total. The van der Waals surface area contributed by atoms with Gasteiger partial charge in [-0.25, -0.2) is 4.68 Å². The lowest BCUT2D eigenvalue weighted by Gasteiger charge is -2.09. The van der Waals surface area contributed by atoms with Crippen molar-refractivity contribution in [3.63, 3.8) is 0 Å². The zero-order valence-electron chi connectivity index (χ0n) is 12.3. The summed E-state index contributed by atoms with van der Waals surface area (Å²) in [6, 6.07) is 8.28. The SMILES string of the molecule is CCCn1nccc1NC(=O)c1cccc(OCC(N)=O)c1. The molecule has 1 aromatic heterocycles. The van der Waals surface area contributed by atoms with Gasteiger partial charge < -0.3 is 15.8 Å². The number of nitrogens with two attached hydrogens (primary N) is 1. The second-order valence-corrected chi connectivity index (χ2v) is 4.68. The summed E-state index contributed by atoms with van der Waals surface area (Å²) in [5.74, 6) is 0.199. The molecule has 1 heterocycles.